The normalized spacial score (nSPS) is 24.5. The third-order valence-electron chi connectivity index (χ3n) is 6.02. The molecule has 5 rings (SSSR count). The Balaban J connectivity index is 1.54. The Morgan fingerprint density at radius 2 is 1.88 bits per heavy atom. The SMILES string of the molecule is NC1=NC2(CCCCC2)N(c2ccc3c(c2)CN(C2CC2)C3=O)C(N)=N1. The van der Waals surface area contributed by atoms with E-state index in [-0.39, 0.29) is 11.9 Å². The summed E-state index contributed by atoms with van der Waals surface area (Å²) >= 11 is 0. The van der Waals surface area contributed by atoms with E-state index >= 15 is 0 Å². The molecule has 0 atom stereocenters. The minimum absolute atomic E-state index is 0.156. The largest absolute Gasteiger partial charge is 0.369 e. The summed E-state index contributed by atoms with van der Waals surface area (Å²) in [7, 11) is 0. The van der Waals surface area contributed by atoms with E-state index in [1.807, 2.05) is 21.9 Å². The third kappa shape index (κ3) is 2.29. The first-order valence-electron chi connectivity index (χ1n) is 9.51. The Hall–Kier alpha value is -2.57. The molecule has 7 nitrogen and oxygen atoms in total. The van der Waals surface area contributed by atoms with Crippen molar-refractivity contribution in [3.8, 4) is 0 Å². The molecule has 2 aliphatic heterocycles. The van der Waals surface area contributed by atoms with Gasteiger partial charge < -0.3 is 16.4 Å². The number of benzene rings is 1. The molecule has 0 aromatic heterocycles. The monoisotopic (exact) mass is 352 g/mol. The molecule has 1 spiro atoms. The van der Waals surface area contributed by atoms with Gasteiger partial charge in [-0.05, 0) is 62.3 Å². The van der Waals surface area contributed by atoms with E-state index in [0.29, 0.717) is 18.5 Å². The number of guanidine groups is 2. The fraction of sp³-hybridized carbons (Fsp3) is 0.526. The minimum Gasteiger partial charge on any atom is -0.369 e. The summed E-state index contributed by atoms with van der Waals surface area (Å²) in [5, 5.41) is 0. The van der Waals surface area contributed by atoms with Crippen molar-refractivity contribution in [2.45, 2.75) is 63.2 Å². The molecule has 0 radical (unpaired) electrons. The zero-order valence-corrected chi connectivity index (χ0v) is 14.8. The molecule has 2 saturated carbocycles. The Labute approximate surface area is 152 Å². The van der Waals surface area contributed by atoms with Crippen molar-refractivity contribution in [1.82, 2.24) is 4.90 Å². The van der Waals surface area contributed by atoms with Crippen LogP contribution >= 0.6 is 0 Å². The molecule has 136 valence electrons. The minimum atomic E-state index is -0.443. The lowest BCUT2D eigenvalue weighted by Crippen LogP contribution is -2.58. The molecule has 7 heteroatoms. The Kier molecular flexibility index (Phi) is 3.29. The Morgan fingerprint density at radius 1 is 1.12 bits per heavy atom. The highest BCUT2D eigenvalue weighted by Crippen LogP contribution is 2.41. The van der Waals surface area contributed by atoms with Gasteiger partial charge in [-0.3, -0.25) is 9.69 Å². The molecule has 1 aromatic rings. The molecule has 1 aromatic carbocycles. The summed E-state index contributed by atoms with van der Waals surface area (Å²) in [4.78, 5) is 25.6. The summed E-state index contributed by atoms with van der Waals surface area (Å²) in [6.07, 6.45) is 7.46. The summed E-state index contributed by atoms with van der Waals surface area (Å²) in [5.41, 5.74) is 14.6. The van der Waals surface area contributed by atoms with Crippen molar-refractivity contribution in [3.63, 3.8) is 0 Å². The van der Waals surface area contributed by atoms with Crippen molar-refractivity contribution < 1.29 is 4.79 Å². The molecule has 2 heterocycles. The molecule has 0 saturated heterocycles. The van der Waals surface area contributed by atoms with Crippen LogP contribution in [0.3, 0.4) is 0 Å². The number of nitrogens with two attached hydrogens (primary N) is 2. The van der Waals surface area contributed by atoms with E-state index in [9.17, 15) is 4.79 Å². The number of anilines is 1. The molecule has 1 amide bonds. The second kappa shape index (κ2) is 5.46. The predicted octanol–water partition coefficient (Wildman–Crippen LogP) is 1.91. The first-order valence-corrected chi connectivity index (χ1v) is 9.51. The number of amides is 1. The van der Waals surface area contributed by atoms with Crippen LogP contribution in [-0.2, 0) is 6.54 Å². The van der Waals surface area contributed by atoms with E-state index < -0.39 is 5.66 Å². The topological polar surface area (TPSA) is 100 Å². The summed E-state index contributed by atoms with van der Waals surface area (Å²) in [6, 6.07) is 6.42. The molecule has 2 fully saturated rings. The maximum Gasteiger partial charge on any atom is 0.254 e. The van der Waals surface area contributed by atoms with Gasteiger partial charge in [0.05, 0.1) is 0 Å². The van der Waals surface area contributed by atoms with Gasteiger partial charge in [-0.25, -0.2) is 4.99 Å². The first-order chi connectivity index (χ1) is 12.6. The van der Waals surface area contributed by atoms with Crippen LogP contribution in [0.4, 0.5) is 5.69 Å². The second-order valence-electron chi connectivity index (χ2n) is 7.82. The van der Waals surface area contributed by atoms with Crippen molar-refractivity contribution in [2.75, 3.05) is 4.90 Å². The highest BCUT2D eigenvalue weighted by Gasteiger charge is 2.43. The average molecular weight is 352 g/mol. The quantitative estimate of drug-likeness (QED) is 0.849. The van der Waals surface area contributed by atoms with Crippen molar-refractivity contribution in [1.29, 1.82) is 0 Å². The van der Waals surface area contributed by atoms with E-state index in [0.717, 1.165) is 55.3 Å². The maximum atomic E-state index is 12.6. The van der Waals surface area contributed by atoms with Gasteiger partial charge in [0.25, 0.3) is 5.91 Å². The van der Waals surface area contributed by atoms with Crippen LogP contribution in [0, 0.1) is 0 Å². The van der Waals surface area contributed by atoms with Crippen LogP contribution < -0.4 is 16.4 Å². The molecule has 0 unspecified atom stereocenters. The summed E-state index contributed by atoms with van der Waals surface area (Å²) in [5.74, 6) is 0.809. The molecule has 2 aliphatic carbocycles. The van der Waals surface area contributed by atoms with Crippen molar-refractivity contribution >= 4 is 23.5 Å². The van der Waals surface area contributed by atoms with Crippen LogP contribution in [0.15, 0.2) is 28.2 Å². The van der Waals surface area contributed by atoms with Crippen molar-refractivity contribution in [2.24, 2.45) is 21.5 Å². The van der Waals surface area contributed by atoms with Crippen LogP contribution in [-0.4, -0.2) is 34.4 Å². The summed E-state index contributed by atoms with van der Waals surface area (Å²) < 4.78 is 0. The molecule has 26 heavy (non-hydrogen) atoms. The lowest BCUT2D eigenvalue weighted by molar-refractivity contribution is 0.0766. The van der Waals surface area contributed by atoms with Gasteiger partial charge in [0.15, 0.2) is 0 Å². The van der Waals surface area contributed by atoms with Crippen LogP contribution in [0.2, 0.25) is 0 Å². The number of fused-ring (bicyclic) bond motifs is 1. The lowest BCUT2D eigenvalue weighted by atomic mass is 9.87. The van der Waals surface area contributed by atoms with E-state index in [4.69, 9.17) is 16.5 Å². The van der Waals surface area contributed by atoms with E-state index in [1.165, 1.54) is 6.42 Å². The van der Waals surface area contributed by atoms with Gasteiger partial charge in [-0.2, -0.15) is 4.99 Å². The number of hydrogen-bond donors (Lipinski definition) is 2. The van der Waals surface area contributed by atoms with E-state index in [2.05, 4.69) is 11.1 Å². The fourth-order valence-corrected chi connectivity index (χ4v) is 4.64. The van der Waals surface area contributed by atoms with Crippen LogP contribution in [0.25, 0.3) is 0 Å². The van der Waals surface area contributed by atoms with Gasteiger partial charge >= 0.3 is 0 Å². The zero-order valence-electron chi connectivity index (χ0n) is 14.8. The van der Waals surface area contributed by atoms with Gasteiger partial charge in [0, 0.05) is 23.8 Å². The molecule has 0 bridgehead atoms. The van der Waals surface area contributed by atoms with Crippen molar-refractivity contribution in [3.05, 3.63) is 29.3 Å². The highest BCUT2D eigenvalue weighted by molar-refractivity contribution is 6.06. The van der Waals surface area contributed by atoms with Gasteiger partial charge in [-0.15, -0.1) is 0 Å². The average Bonchev–Trinajstić information content (AvgIpc) is 3.39. The fourth-order valence-electron chi connectivity index (χ4n) is 4.64. The molecule has 4 aliphatic rings. The summed E-state index contributed by atoms with van der Waals surface area (Å²) in [6.45, 7) is 0.690. The standard InChI is InChI=1S/C19H24N6O/c20-17-22-18(21)25(19(23-17)8-2-1-3-9-19)14-6-7-15-12(10-14)11-24(16(15)26)13-4-5-13/h6-7,10,13H,1-5,8-9,11H2,(H4,20,21,22,23). The molecular formula is C19H24N6O. The zero-order chi connectivity index (χ0) is 17.9. The molecule has 4 N–H and O–H groups in total. The van der Waals surface area contributed by atoms with Gasteiger partial charge in [0.2, 0.25) is 11.9 Å². The number of hydrogen-bond acceptors (Lipinski definition) is 6. The second-order valence-corrected chi connectivity index (χ2v) is 7.82. The smallest absolute Gasteiger partial charge is 0.254 e. The number of rotatable bonds is 2. The van der Waals surface area contributed by atoms with Gasteiger partial charge in [-0.1, -0.05) is 6.42 Å². The number of nitrogens with zero attached hydrogens (tertiary/aromatic N) is 4. The van der Waals surface area contributed by atoms with E-state index in [1.54, 1.807) is 0 Å². The number of carbonyl (C=O) groups excluding carboxylic acids is 1. The highest BCUT2D eigenvalue weighted by atomic mass is 16.2. The van der Waals surface area contributed by atoms with Gasteiger partial charge in [0.1, 0.15) is 5.66 Å². The lowest BCUT2D eigenvalue weighted by Gasteiger charge is -2.45. The van der Waals surface area contributed by atoms with Crippen LogP contribution in [0.5, 0.6) is 0 Å². The first kappa shape index (κ1) is 15.7. The molecular weight excluding hydrogens is 328 g/mol. The Bertz CT molecular complexity index is 834. The van der Waals surface area contributed by atoms with Crippen LogP contribution in [0.1, 0.15) is 60.9 Å². The number of carbonyl (C=O) groups is 1. The maximum absolute atomic E-state index is 12.6. The third-order valence-corrected chi connectivity index (χ3v) is 6.02. The Morgan fingerprint density at radius 3 is 2.62 bits per heavy atom. The number of aliphatic imine (C=N–C) groups is 2. The predicted molar refractivity (Wildman–Crippen MR) is 101 cm³/mol.